The van der Waals surface area contributed by atoms with Crippen molar-refractivity contribution in [2.24, 2.45) is 0 Å². The van der Waals surface area contributed by atoms with Crippen molar-refractivity contribution >= 4 is 5.78 Å². The molecular formula is C7H10O2. The Morgan fingerprint density at radius 2 is 2.56 bits per heavy atom. The fraction of sp³-hybridized carbons (Fsp3) is 0.571. The molecule has 0 amide bonds. The molecule has 0 saturated carbocycles. The Balaban J connectivity index is 2.44. The van der Waals surface area contributed by atoms with Crippen molar-refractivity contribution in [2.45, 2.75) is 25.9 Å². The van der Waals surface area contributed by atoms with Crippen LogP contribution in [0.25, 0.3) is 0 Å². The van der Waals surface area contributed by atoms with Gasteiger partial charge in [0, 0.05) is 0 Å². The average molecular weight is 126 g/mol. The molecule has 1 aliphatic rings. The van der Waals surface area contributed by atoms with Gasteiger partial charge in [-0.15, -0.1) is 0 Å². The minimum Gasteiger partial charge on any atom is -0.491 e. The monoisotopic (exact) mass is 126 g/mol. The fourth-order valence-electron chi connectivity index (χ4n) is 0.833. The second-order valence-corrected chi connectivity index (χ2v) is 2.18. The Labute approximate surface area is 54.5 Å². The van der Waals surface area contributed by atoms with E-state index in [0.29, 0.717) is 0 Å². The normalized spacial score (nSPS) is 25.2. The lowest BCUT2D eigenvalue weighted by molar-refractivity contribution is -0.125. The maximum absolute atomic E-state index is 10.6. The van der Waals surface area contributed by atoms with Crippen LogP contribution in [0.3, 0.4) is 0 Å². The summed E-state index contributed by atoms with van der Waals surface area (Å²) in [6, 6.07) is 0. The second kappa shape index (κ2) is 2.67. The Hall–Kier alpha value is -0.790. The molecule has 0 aromatic heterocycles. The van der Waals surface area contributed by atoms with Crippen molar-refractivity contribution in [1.82, 2.24) is 0 Å². The van der Waals surface area contributed by atoms with E-state index in [4.69, 9.17) is 4.74 Å². The average Bonchev–Trinajstić information content (AvgIpc) is 1.90. The van der Waals surface area contributed by atoms with Crippen molar-refractivity contribution in [3.8, 4) is 0 Å². The van der Waals surface area contributed by atoms with E-state index in [-0.39, 0.29) is 11.9 Å². The van der Waals surface area contributed by atoms with Crippen LogP contribution in [0.5, 0.6) is 0 Å². The Kier molecular flexibility index (Phi) is 1.88. The number of allylic oxidation sites excluding steroid dienone is 1. The Morgan fingerprint density at radius 1 is 1.78 bits per heavy atom. The standard InChI is InChI=1S/C7H10O2/c1-6(8)7-4-2-3-5-9-7/h3,5,7H,2,4H2,1H3. The summed E-state index contributed by atoms with van der Waals surface area (Å²) in [5.41, 5.74) is 0. The number of hydrogen-bond donors (Lipinski definition) is 0. The topological polar surface area (TPSA) is 26.3 Å². The molecular weight excluding hydrogens is 116 g/mol. The summed E-state index contributed by atoms with van der Waals surface area (Å²) in [4.78, 5) is 10.6. The maximum atomic E-state index is 10.6. The first kappa shape index (κ1) is 6.33. The zero-order chi connectivity index (χ0) is 6.69. The van der Waals surface area contributed by atoms with Gasteiger partial charge in [-0.1, -0.05) is 0 Å². The number of hydrogen-bond acceptors (Lipinski definition) is 2. The highest BCUT2D eigenvalue weighted by atomic mass is 16.5. The first-order chi connectivity index (χ1) is 4.30. The summed E-state index contributed by atoms with van der Waals surface area (Å²) in [5, 5.41) is 0. The fourth-order valence-corrected chi connectivity index (χ4v) is 0.833. The van der Waals surface area contributed by atoms with Gasteiger partial charge in [0.2, 0.25) is 0 Å². The minimum absolute atomic E-state index is 0.124. The number of Topliss-reactive ketones (excluding diaryl/α,β-unsaturated/α-hetero) is 1. The molecule has 0 fully saturated rings. The molecule has 9 heavy (non-hydrogen) atoms. The number of rotatable bonds is 1. The van der Waals surface area contributed by atoms with Crippen LogP contribution in [-0.4, -0.2) is 11.9 Å². The Bertz CT molecular complexity index is 138. The lowest BCUT2D eigenvalue weighted by atomic mass is 10.1. The van der Waals surface area contributed by atoms with Gasteiger partial charge in [-0.3, -0.25) is 4.79 Å². The molecule has 0 saturated heterocycles. The third-order valence-corrected chi connectivity index (χ3v) is 1.39. The summed E-state index contributed by atoms with van der Waals surface area (Å²) in [6.45, 7) is 1.56. The van der Waals surface area contributed by atoms with Gasteiger partial charge in [-0.2, -0.15) is 0 Å². The molecule has 0 spiro atoms. The maximum Gasteiger partial charge on any atom is 0.170 e. The van der Waals surface area contributed by atoms with Crippen molar-refractivity contribution in [1.29, 1.82) is 0 Å². The quantitative estimate of drug-likeness (QED) is 0.528. The van der Waals surface area contributed by atoms with Gasteiger partial charge in [-0.25, -0.2) is 0 Å². The third kappa shape index (κ3) is 1.56. The van der Waals surface area contributed by atoms with E-state index in [9.17, 15) is 4.79 Å². The molecule has 0 aromatic rings. The molecule has 1 aliphatic heterocycles. The van der Waals surface area contributed by atoms with E-state index >= 15 is 0 Å². The zero-order valence-corrected chi connectivity index (χ0v) is 5.46. The van der Waals surface area contributed by atoms with Crippen molar-refractivity contribution < 1.29 is 9.53 Å². The van der Waals surface area contributed by atoms with E-state index in [2.05, 4.69) is 0 Å². The Morgan fingerprint density at radius 3 is 2.89 bits per heavy atom. The summed E-state index contributed by atoms with van der Waals surface area (Å²) >= 11 is 0. The van der Waals surface area contributed by atoms with Gasteiger partial charge in [0.25, 0.3) is 0 Å². The largest absolute Gasteiger partial charge is 0.491 e. The molecule has 2 heteroatoms. The number of carbonyl (C=O) groups excluding carboxylic acids is 1. The van der Waals surface area contributed by atoms with Gasteiger partial charge < -0.3 is 4.74 Å². The molecule has 1 unspecified atom stereocenters. The first-order valence-electron chi connectivity index (χ1n) is 3.11. The van der Waals surface area contributed by atoms with Gasteiger partial charge >= 0.3 is 0 Å². The molecule has 0 aliphatic carbocycles. The highest BCUT2D eigenvalue weighted by Gasteiger charge is 2.14. The van der Waals surface area contributed by atoms with Crippen LogP contribution in [0.4, 0.5) is 0 Å². The van der Waals surface area contributed by atoms with Crippen molar-refractivity contribution in [3.05, 3.63) is 12.3 Å². The lowest BCUT2D eigenvalue weighted by Gasteiger charge is -2.15. The highest BCUT2D eigenvalue weighted by molar-refractivity contribution is 5.80. The summed E-state index contributed by atoms with van der Waals surface area (Å²) in [7, 11) is 0. The molecule has 2 nitrogen and oxygen atoms in total. The molecule has 0 bridgehead atoms. The van der Waals surface area contributed by atoms with Gasteiger partial charge in [0.05, 0.1) is 6.26 Å². The molecule has 1 atom stereocenters. The summed E-state index contributed by atoms with van der Waals surface area (Å²) in [6.07, 6.45) is 5.17. The van der Waals surface area contributed by atoms with E-state index < -0.39 is 0 Å². The van der Waals surface area contributed by atoms with E-state index in [1.54, 1.807) is 13.2 Å². The van der Waals surface area contributed by atoms with Gasteiger partial charge in [0.1, 0.15) is 0 Å². The molecule has 0 N–H and O–H groups in total. The van der Waals surface area contributed by atoms with Crippen molar-refractivity contribution in [2.75, 3.05) is 0 Å². The smallest absolute Gasteiger partial charge is 0.170 e. The summed E-state index contributed by atoms with van der Waals surface area (Å²) < 4.78 is 5.01. The summed E-state index contributed by atoms with van der Waals surface area (Å²) in [5.74, 6) is 0.124. The first-order valence-corrected chi connectivity index (χ1v) is 3.11. The van der Waals surface area contributed by atoms with Crippen LogP contribution in [0.15, 0.2) is 12.3 Å². The van der Waals surface area contributed by atoms with Crippen LogP contribution in [0.1, 0.15) is 19.8 Å². The van der Waals surface area contributed by atoms with Crippen LogP contribution in [0, 0.1) is 0 Å². The molecule has 1 heterocycles. The van der Waals surface area contributed by atoms with Crippen LogP contribution in [-0.2, 0) is 9.53 Å². The van der Waals surface area contributed by atoms with E-state index in [1.165, 1.54) is 0 Å². The molecule has 0 aromatic carbocycles. The van der Waals surface area contributed by atoms with Gasteiger partial charge in [0.15, 0.2) is 11.9 Å². The SMILES string of the molecule is CC(=O)C1CCC=CO1. The number of carbonyl (C=O) groups is 1. The van der Waals surface area contributed by atoms with Gasteiger partial charge in [-0.05, 0) is 25.8 Å². The van der Waals surface area contributed by atoms with Crippen molar-refractivity contribution in [3.63, 3.8) is 0 Å². The van der Waals surface area contributed by atoms with Crippen LogP contribution < -0.4 is 0 Å². The van der Waals surface area contributed by atoms with E-state index in [1.807, 2.05) is 6.08 Å². The predicted octanol–water partition coefficient (Wildman–Crippen LogP) is 1.27. The third-order valence-electron chi connectivity index (χ3n) is 1.39. The predicted molar refractivity (Wildman–Crippen MR) is 33.9 cm³/mol. The molecule has 50 valence electrons. The number of ether oxygens (including phenoxy) is 1. The zero-order valence-electron chi connectivity index (χ0n) is 5.46. The van der Waals surface area contributed by atoms with E-state index in [0.717, 1.165) is 12.8 Å². The molecule has 0 radical (unpaired) electrons. The van der Waals surface area contributed by atoms with Crippen LogP contribution >= 0.6 is 0 Å². The number of ketones is 1. The lowest BCUT2D eigenvalue weighted by Crippen LogP contribution is -2.20. The van der Waals surface area contributed by atoms with Crippen LogP contribution in [0.2, 0.25) is 0 Å². The minimum atomic E-state index is -0.171. The second-order valence-electron chi connectivity index (χ2n) is 2.18. The molecule has 1 rings (SSSR count). The highest BCUT2D eigenvalue weighted by Crippen LogP contribution is 2.10.